The predicted molar refractivity (Wildman–Crippen MR) is 82.2 cm³/mol. The van der Waals surface area contributed by atoms with Crippen LogP contribution in [-0.4, -0.2) is 46.2 Å². The standard InChI is InChI=1S/C13H13ClN6OS/c1-8-7-22-11(16-8)9(6-15)10-17-12(14)19-13(18-10)20-2-4-21-5-3-20/h7,9H,2-5H2,1H3. The van der Waals surface area contributed by atoms with Crippen molar-refractivity contribution in [1.82, 2.24) is 19.9 Å². The second-order valence-corrected chi connectivity index (χ2v) is 5.98. The van der Waals surface area contributed by atoms with Crippen LogP contribution < -0.4 is 4.90 Å². The molecule has 3 heterocycles. The molecule has 1 unspecified atom stereocenters. The molecule has 1 fully saturated rings. The number of ether oxygens (including phenoxy) is 1. The number of morpholine rings is 1. The van der Waals surface area contributed by atoms with E-state index in [1.807, 2.05) is 17.2 Å². The third-order valence-corrected chi connectivity index (χ3v) is 4.38. The Bertz CT molecular complexity index is 709. The lowest BCUT2D eigenvalue weighted by Gasteiger charge is -2.26. The predicted octanol–water partition coefficient (Wildman–Crippen LogP) is 1.78. The Morgan fingerprint density at radius 1 is 1.32 bits per heavy atom. The molecule has 9 heteroatoms. The summed E-state index contributed by atoms with van der Waals surface area (Å²) >= 11 is 7.43. The van der Waals surface area contributed by atoms with Gasteiger partial charge in [-0.1, -0.05) is 0 Å². The highest BCUT2D eigenvalue weighted by atomic mass is 35.5. The number of hydrogen-bond donors (Lipinski definition) is 0. The van der Waals surface area contributed by atoms with Crippen LogP contribution in [0.25, 0.3) is 0 Å². The monoisotopic (exact) mass is 336 g/mol. The highest BCUT2D eigenvalue weighted by Crippen LogP contribution is 2.26. The van der Waals surface area contributed by atoms with Gasteiger partial charge in [0.15, 0.2) is 11.7 Å². The normalized spacial score (nSPS) is 16.3. The molecule has 7 nitrogen and oxygen atoms in total. The summed E-state index contributed by atoms with van der Waals surface area (Å²) in [4.78, 5) is 19.0. The van der Waals surface area contributed by atoms with Crippen molar-refractivity contribution in [2.24, 2.45) is 0 Å². The lowest BCUT2D eigenvalue weighted by molar-refractivity contribution is 0.122. The van der Waals surface area contributed by atoms with E-state index in [0.29, 0.717) is 43.1 Å². The molecule has 0 bridgehead atoms. The molecule has 0 saturated carbocycles. The van der Waals surface area contributed by atoms with Crippen LogP contribution in [0.5, 0.6) is 0 Å². The van der Waals surface area contributed by atoms with E-state index in [1.165, 1.54) is 11.3 Å². The maximum Gasteiger partial charge on any atom is 0.230 e. The Labute approximate surface area is 136 Å². The molecule has 0 spiro atoms. The van der Waals surface area contributed by atoms with Crippen molar-refractivity contribution in [1.29, 1.82) is 5.26 Å². The van der Waals surface area contributed by atoms with Crippen LogP contribution in [-0.2, 0) is 4.74 Å². The van der Waals surface area contributed by atoms with E-state index in [2.05, 4.69) is 26.0 Å². The minimum absolute atomic E-state index is 0.0834. The zero-order valence-electron chi connectivity index (χ0n) is 11.9. The lowest BCUT2D eigenvalue weighted by atomic mass is 10.1. The summed E-state index contributed by atoms with van der Waals surface area (Å²) in [6.45, 7) is 4.49. The molecule has 0 aliphatic carbocycles. The number of halogens is 1. The number of hydrogen-bond acceptors (Lipinski definition) is 8. The van der Waals surface area contributed by atoms with Gasteiger partial charge in [-0.15, -0.1) is 11.3 Å². The number of rotatable bonds is 3. The highest BCUT2D eigenvalue weighted by molar-refractivity contribution is 7.09. The lowest BCUT2D eigenvalue weighted by Crippen LogP contribution is -2.37. The molecule has 1 atom stereocenters. The van der Waals surface area contributed by atoms with Gasteiger partial charge in [-0.25, -0.2) is 9.97 Å². The van der Waals surface area contributed by atoms with Crippen molar-refractivity contribution < 1.29 is 4.74 Å². The van der Waals surface area contributed by atoms with Gasteiger partial charge in [-0.3, -0.25) is 0 Å². The summed E-state index contributed by atoms with van der Waals surface area (Å²) < 4.78 is 5.32. The van der Waals surface area contributed by atoms with Crippen molar-refractivity contribution in [3.63, 3.8) is 0 Å². The first-order valence-corrected chi connectivity index (χ1v) is 7.99. The largest absolute Gasteiger partial charge is 0.378 e. The fraction of sp³-hybridized carbons (Fsp3) is 0.462. The third kappa shape index (κ3) is 3.16. The molecule has 2 aromatic rings. The molecule has 0 aromatic carbocycles. The first kappa shape index (κ1) is 15.1. The van der Waals surface area contributed by atoms with E-state index >= 15 is 0 Å². The number of nitriles is 1. The fourth-order valence-electron chi connectivity index (χ4n) is 2.12. The fourth-order valence-corrected chi connectivity index (χ4v) is 3.11. The van der Waals surface area contributed by atoms with Gasteiger partial charge in [0.2, 0.25) is 11.2 Å². The van der Waals surface area contributed by atoms with Crippen molar-refractivity contribution >= 4 is 28.9 Å². The summed E-state index contributed by atoms with van der Waals surface area (Å²) in [6.07, 6.45) is 0. The number of thiazole rings is 1. The molecule has 3 rings (SSSR count). The Kier molecular flexibility index (Phi) is 4.47. The molecular formula is C13H13ClN6OS. The van der Waals surface area contributed by atoms with E-state index in [9.17, 15) is 5.26 Å². The van der Waals surface area contributed by atoms with E-state index in [0.717, 1.165) is 5.69 Å². The van der Waals surface area contributed by atoms with Crippen LogP contribution in [0.2, 0.25) is 5.28 Å². The topological polar surface area (TPSA) is 87.8 Å². The molecule has 114 valence electrons. The van der Waals surface area contributed by atoms with Crippen LogP contribution in [0.3, 0.4) is 0 Å². The zero-order chi connectivity index (χ0) is 15.5. The van der Waals surface area contributed by atoms with Crippen LogP contribution >= 0.6 is 22.9 Å². The Balaban J connectivity index is 1.95. The molecule has 0 amide bonds. The minimum Gasteiger partial charge on any atom is -0.378 e. The SMILES string of the molecule is Cc1csc(C(C#N)c2nc(Cl)nc(N3CCOCC3)n2)n1. The van der Waals surface area contributed by atoms with Crippen molar-refractivity contribution in [3.05, 3.63) is 27.2 Å². The number of anilines is 1. The molecule has 1 aliphatic heterocycles. The number of nitrogens with zero attached hydrogens (tertiary/aromatic N) is 6. The summed E-state index contributed by atoms with van der Waals surface area (Å²) in [5.74, 6) is 0.171. The number of aromatic nitrogens is 4. The maximum atomic E-state index is 9.47. The summed E-state index contributed by atoms with van der Waals surface area (Å²) in [5, 5.41) is 12.1. The Hall–Kier alpha value is -1.82. The van der Waals surface area contributed by atoms with Gasteiger partial charge >= 0.3 is 0 Å². The van der Waals surface area contributed by atoms with E-state index < -0.39 is 5.92 Å². The average Bonchev–Trinajstić information content (AvgIpc) is 2.95. The van der Waals surface area contributed by atoms with Gasteiger partial charge in [0.1, 0.15) is 5.01 Å². The smallest absolute Gasteiger partial charge is 0.230 e. The van der Waals surface area contributed by atoms with Crippen molar-refractivity contribution in [3.8, 4) is 6.07 Å². The quantitative estimate of drug-likeness (QED) is 0.844. The van der Waals surface area contributed by atoms with E-state index in [4.69, 9.17) is 16.3 Å². The van der Waals surface area contributed by atoms with E-state index in [-0.39, 0.29) is 5.28 Å². The van der Waals surface area contributed by atoms with Crippen LogP contribution in [0, 0.1) is 18.3 Å². The second-order valence-electron chi connectivity index (χ2n) is 4.75. The Morgan fingerprint density at radius 2 is 2.09 bits per heavy atom. The molecule has 22 heavy (non-hydrogen) atoms. The van der Waals surface area contributed by atoms with Gasteiger partial charge in [0, 0.05) is 24.2 Å². The maximum absolute atomic E-state index is 9.47. The minimum atomic E-state index is -0.640. The highest BCUT2D eigenvalue weighted by Gasteiger charge is 2.24. The van der Waals surface area contributed by atoms with Crippen LogP contribution in [0.4, 0.5) is 5.95 Å². The van der Waals surface area contributed by atoms with Gasteiger partial charge in [0.05, 0.1) is 19.3 Å². The molecule has 2 aromatic heterocycles. The second kappa shape index (κ2) is 6.52. The van der Waals surface area contributed by atoms with Gasteiger partial charge in [-0.05, 0) is 18.5 Å². The third-order valence-electron chi connectivity index (χ3n) is 3.18. The molecular weight excluding hydrogens is 324 g/mol. The molecule has 0 radical (unpaired) electrons. The summed E-state index contributed by atoms with van der Waals surface area (Å²) in [7, 11) is 0. The first-order valence-electron chi connectivity index (χ1n) is 6.73. The van der Waals surface area contributed by atoms with Gasteiger partial charge in [-0.2, -0.15) is 15.2 Å². The average molecular weight is 337 g/mol. The first-order chi connectivity index (χ1) is 10.7. The molecule has 1 aliphatic rings. The Morgan fingerprint density at radius 3 is 2.73 bits per heavy atom. The van der Waals surface area contributed by atoms with E-state index in [1.54, 1.807) is 0 Å². The van der Waals surface area contributed by atoms with Gasteiger partial charge < -0.3 is 9.64 Å². The number of aryl methyl sites for hydroxylation is 1. The van der Waals surface area contributed by atoms with Gasteiger partial charge in [0.25, 0.3) is 0 Å². The van der Waals surface area contributed by atoms with Crippen LogP contribution in [0.15, 0.2) is 5.38 Å². The summed E-state index contributed by atoms with van der Waals surface area (Å²) in [5.41, 5.74) is 0.869. The van der Waals surface area contributed by atoms with Crippen molar-refractivity contribution in [2.75, 3.05) is 31.2 Å². The summed E-state index contributed by atoms with van der Waals surface area (Å²) in [6, 6.07) is 2.20. The zero-order valence-corrected chi connectivity index (χ0v) is 13.4. The van der Waals surface area contributed by atoms with Crippen LogP contribution in [0.1, 0.15) is 22.4 Å². The van der Waals surface area contributed by atoms with Crippen molar-refractivity contribution in [2.45, 2.75) is 12.8 Å². The molecule has 0 N–H and O–H groups in total. The molecule has 1 saturated heterocycles.